The first-order valence-corrected chi connectivity index (χ1v) is 9.85. The molecule has 2 fully saturated rings. The largest absolute Gasteiger partial charge is 0.346 e. The number of amides is 1. The Morgan fingerprint density at radius 3 is 2.52 bits per heavy atom. The maximum absolute atomic E-state index is 13.2. The Bertz CT molecular complexity index is 892. The van der Waals surface area contributed by atoms with Crippen LogP contribution in [0.15, 0.2) is 23.0 Å². The third kappa shape index (κ3) is 3.77. The molecule has 5 nitrogen and oxygen atoms in total. The molecule has 0 saturated heterocycles. The molecule has 7 heteroatoms. The maximum Gasteiger partial charge on any atom is 0.329 e. The second kappa shape index (κ2) is 7.44. The van der Waals surface area contributed by atoms with Gasteiger partial charge in [0, 0.05) is 18.2 Å². The van der Waals surface area contributed by atoms with E-state index in [9.17, 15) is 18.4 Å². The van der Waals surface area contributed by atoms with Gasteiger partial charge in [0.05, 0.1) is 17.6 Å². The van der Waals surface area contributed by atoms with E-state index in [1.807, 2.05) is 4.57 Å². The van der Waals surface area contributed by atoms with Gasteiger partial charge in [0.2, 0.25) is 0 Å². The van der Waals surface area contributed by atoms with Gasteiger partial charge in [-0.2, -0.15) is 0 Å². The van der Waals surface area contributed by atoms with Crippen molar-refractivity contribution < 1.29 is 13.6 Å². The topological polar surface area (TPSA) is 56.0 Å². The van der Waals surface area contributed by atoms with Crippen LogP contribution in [0.4, 0.5) is 8.78 Å². The number of aromatic nitrogens is 2. The zero-order valence-electron chi connectivity index (χ0n) is 15.3. The number of alkyl halides is 2. The molecule has 0 unspecified atom stereocenters. The van der Waals surface area contributed by atoms with Crippen LogP contribution in [0.2, 0.25) is 0 Å². The number of imidazole rings is 1. The van der Waals surface area contributed by atoms with Gasteiger partial charge in [-0.25, -0.2) is 13.6 Å². The van der Waals surface area contributed by atoms with Crippen molar-refractivity contribution in [1.82, 2.24) is 14.5 Å². The van der Waals surface area contributed by atoms with Crippen molar-refractivity contribution in [3.63, 3.8) is 0 Å². The van der Waals surface area contributed by atoms with Crippen LogP contribution in [0, 0.1) is 5.92 Å². The van der Waals surface area contributed by atoms with Crippen LogP contribution in [0.3, 0.4) is 0 Å². The Morgan fingerprint density at radius 2 is 1.85 bits per heavy atom. The molecule has 0 atom stereocenters. The highest BCUT2D eigenvalue weighted by atomic mass is 19.3. The van der Waals surface area contributed by atoms with Crippen molar-refractivity contribution in [2.24, 2.45) is 5.92 Å². The van der Waals surface area contributed by atoms with E-state index in [1.54, 1.807) is 22.8 Å². The van der Waals surface area contributed by atoms with E-state index in [2.05, 4.69) is 5.32 Å². The molecule has 0 radical (unpaired) electrons. The molecule has 2 aromatic rings. The molecule has 27 heavy (non-hydrogen) atoms. The summed E-state index contributed by atoms with van der Waals surface area (Å²) in [7, 11) is 0. The van der Waals surface area contributed by atoms with Gasteiger partial charge in [-0.1, -0.05) is 19.3 Å². The Balaban J connectivity index is 1.74. The standard InChI is InChI=1S/C20H25F2N3O2/c21-18(22)11-23-19(26)14-8-9-16-17(10-14)24(12-13-6-7-13)20(27)25(16)15-4-2-1-3-5-15/h8-10,13,15,18H,1-7,11-12H2,(H,23,26). The SMILES string of the molecule is O=C(NCC(F)F)c1ccc2c(c1)n(CC1CC1)c(=O)n2C1CCCCC1. The molecular weight excluding hydrogens is 352 g/mol. The van der Waals surface area contributed by atoms with Crippen molar-refractivity contribution in [3.8, 4) is 0 Å². The summed E-state index contributed by atoms with van der Waals surface area (Å²) in [6.07, 6.45) is 5.12. The first kappa shape index (κ1) is 18.2. The minimum atomic E-state index is -2.59. The number of hydrogen-bond donors (Lipinski definition) is 1. The lowest BCUT2D eigenvalue weighted by molar-refractivity contribution is 0.0892. The van der Waals surface area contributed by atoms with Crippen LogP contribution in [-0.2, 0) is 6.54 Å². The Morgan fingerprint density at radius 1 is 1.11 bits per heavy atom. The normalized spacial score (nSPS) is 18.3. The summed E-state index contributed by atoms with van der Waals surface area (Å²) in [4.78, 5) is 25.4. The van der Waals surface area contributed by atoms with E-state index >= 15 is 0 Å². The van der Waals surface area contributed by atoms with Gasteiger partial charge in [-0.3, -0.25) is 13.9 Å². The van der Waals surface area contributed by atoms with Gasteiger partial charge in [0.1, 0.15) is 0 Å². The van der Waals surface area contributed by atoms with Crippen LogP contribution in [0.1, 0.15) is 61.3 Å². The molecule has 1 aromatic carbocycles. The number of carbonyl (C=O) groups excluding carboxylic acids is 1. The van der Waals surface area contributed by atoms with Crippen molar-refractivity contribution in [3.05, 3.63) is 34.2 Å². The second-order valence-electron chi connectivity index (χ2n) is 7.80. The third-order valence-corrected chi connectivity index (χ3v) is 5.72. The van der Waals surface area contributed by atoms with Crippen LogP contribution >= 0.6 is 0 Å². The quantitative estimate of drug-likeness (QED) is 0.834. The number of halogens is 2. The predicted molar refractivity (Wildman–Crippen MR) is 99.4 cm³/mol. The van der Waals surface area contributed by atoms with Crippen molar-refractivity contribution in [2.75, 3.05) is 6.54 Å². The molecule has 2 aliphatic carbocycles. The Hall–Kier alpha value is -2.18. The monoisotopic (exact) mass is 377 g/mol. The minimum Gasteiger partial charge on any atom is -0.346 e. The smallest absolute Gasteiger partial charge is 0.329 e. The summed E-state index contributed by atoms with van der Waals surface area (Å²) in [6.45, 7) is -0.00794. The van der Waals surface area contributed by atoms with Gasteiger partial charge >= 0.3 is 5.69 Å². The highest BCUT2D eigenvalue weighted by Gasteiger charge is 2.27. The van der Waals surface area contributed by atoms with E-state index in [-0.39, 0.29) is 11.7 Å². The van der Waals surface area contributed by atoms with E-state index in [4.69, 9.17) is 0 Å². The summed E-state index contributed by atoms with van der Waals surface area (Å²) < 4.78 is 28.4. The molecule has 2 aliphatic rings. The summed E-state index contributed by atoms with van der Waals surface area (Å²) in [6, 6.07) is 5.31. The number of nitrogens with one attached hydrogen (secondary N) is 1. The number of carbonyl (C=O) groups is 1. The average molecular weight is 377 g/mol. The van der Waals surface area contributed by atoms with Crippen LogP contribution in [0.5, 0.6) is 0 Å². The molecule has 1 amide bonds. The van der Waals surface area contributed by atoms with Gasteiger partial charge in [-0.05, 0) is 49.8 Å². The third-order valence-electron chi connectivity index (χ3n) is 5.72. The number of fused-ring (bicyclic) bond motifs is 1. The van der Waals surface area contributed by atoms with Crippen LogP contribution < -0.4 is 11.0 Å². The van der Waals surface area contributed by atoms with Crippen molar-refractivity contribution in [2.45, 2.75) is 64.0 Å². The highest BCUT2D eigenvalue weighted by Crippen LogP contribution is 2.33. The predicted octanol–water partition coefficient (Wildman–Crippen LogP) is 3.71. The van der Waals surface area contributed by atoms with Gasteiger partial charge < -0.3 is 5.32 Å². The Labute approximate surface area is 156 Å². The van der Waals surface area contributed by atoms with Crippen molar-refractivity contribution >= 4 is 16.9 Å². The molecule has 0 aliphatic heterocycles. The molecule has 0 bridgehead atoms. The second-order valence-corrected chi connectivity index (χ2v) is 7.80. The summed E-state index contributed by atoms with van der Waals surface area (Å²) in [5.74, 6) is -0.0162. The first-order chi connectivity index (χ1) is 13.0. The lowest BCUT2D eigenvalue weighted by atomic mass is 9.95. The number of hydrogen-bond acceptors (Lipinski definition) is 2. The molecular formula is C20H25F2N3O2. The summed E-state index contributed by atoms with van der Waals surface area (Å²) in [5.41, 5.74) is 1.89. The molecule has 146 valence electrons. The summed E-state index contributed by atoms with van der Waals surface area (Å²) >= 11 is 0. The van der Waals surface area contributed by atoms with E-state index < -0.39 is 18.9 Å². The zero-order valence-corrected chi connectivity index (χ0v) is 15.3. The van der Waals surface area contributed by atoms with Crippen LogP contribution in [0.25, 0.3) is 11.0 Å². The fourth-order valence-corrected chi connectivity index (χ4v) is 4.12. The van der Waals surface area contributed by atoms with Crippen LogP contribution in [-0.4, -0.2) is 28.0 Å². The fourth-order valence-electron chi connectivity index (χ4n) is 4.12. The number of nitrogens with zero attached hydrogens (tertiary/aromatic N) is 2. The summed E-state index contributed by atoms with van der Waals surface area (Å²) in [5, 5.41) is 2.24. The van der Waals surface area contributed by atoms with E-state index in [0.29, 0.717) is 18.0 Å². The lowest BCUT2D eigenvalue weighted by Crippen LogP contribution is -2.29. The van der Waals surface area contributed by atoms with Crippen molar-refractivity contribution in [1.29, 1.82) is 0 Å². The highest BCUT2D eigenvalue weighted by molar-refractivity contribution is 5.97. The maximum atomic E-state index is 13.2. The molecule has 4 rings (SSSR count). The number of rotatable bonds is 6. The van der Waals surface area contributed by atoms with Gasteiger partial charge in [0.15, 0.2) is 0 Å². The zero-order chi connectivity index (χ0) is 19.0. The molecule has 1 aromatic heterocycles. The molecule has 1 N–H and O–H groups in total. The van der Waals surface area contributed by atoms with Gasteiger partial charge in [0.25, 0.3) is 12.3 Å². The Kier molecular flexibility index (Phi) is 5.02. The lowest BCUT2D eigenvalue weighted by Gasteiger charge is -2.23. The van der Waals surface area contributed by atoms with E-state index in [1.165, 1.54) is 6.42 Å². The molecule has 0 spiro atoms. The first-order valence-electron chi connectivity index (χ1n) is 9.85. The van der Waals surface area contributed by atoms with E-state index in [0.717, 1.165) is 49.6 Å². The fraction of sp³-hybridized carbons (Fsp3) is 0.600. The molecule has 2 saturated carbocycles. The van der Waals surface area contributed by atoms with Gasteiger partial charge in [-0.15, -0.1) is 0 Å². The minimum absolute atomic E-state index is 0.00561. The number of benzene rings is 1. The average Bonchev–Trinajstić information content (AvgIpc) is 3.45. The molecule has 1 heterocycles.